The summed E-state index contributed by atoms with van der Waals surface area (Å²) in [6, 6.07) is -0.439. The molecule has 7 nitrogen and oxygen atoms in total. The number of alkyl halides is 2. The quantitative estimate of drug-likeness (QED) is 0.116. The lowest BCUT2D eigenvalue weighted by molar-refractivity contribution is -0.163. The first-order chi connectivity index (χ1) is 17.1. The van der Waals surface area contributed by atoms with Gasteiger partial charge in [0.1, 0.15) is 13.4 Å². The van der Waals surface area contributed by atoms with E-state index in [4.69, 9.17) is 23.3 Å². The van der Waals surface area contributed by atoms with Crippen LogP contribution in [-0.4, -0.2) is 77.4 Å². The van der Waals surface area contributed by atoms with Crippen molar-refractivity contribution in [3.05, 3.63) is 0 Å². The highest BCUT2D eigenvalue weighted by Crippen LogP contribution is 2.65. The van der Waals surface area contributed by atoms with Crippen molar-refractivity contribution < 1.29 is 41.4 Å². The van der Waals surface area contributed by atoms with Gasteiger partial charge in [0.25, 0.3) is 0 Å². The van der Waals surface area contributed by atoms with E-state index in [1.807, 2.05) is 48.6 Å². The van der Waals surface area contributed by atoms with E-state index >= 15 is 8.78 Å². The van der Waals surface area contributed by atoms with Gasteiger partial charge in [0, 0.05) is 25.1 Å². The Kier molecular flexibility index (Phi) is 13.9. The van der Waals surface area contributed by atoms with Crippen molar-refractivity contribution in [3.8, 4) is 0 Å². The molecule has 0 aliphatic carbocycles. The second-order valence-corrected chi connectivity index (χ2v) is 18.1. The summed E-state index contributed by atoms with van der Waals surface area (Å²) in [7, 11) is -5.53. The third-order valence-corrected chi connectivity index (χ3v) is 13.3. The number of halogens is 2. The lowest BCUT2D eigenvalue weighted by Crippen LogP contribution is -2.52. The zero-order valence-corrected chi connectivity index (χ0v) is 26.5. The Balaban J connectivity index is 3.55. The Hall–Kier alpha value is 0.132. The molecule has 0 spiro atoms. The van der Waals surface area contributed by atoms with Crippen molar-refractivity contribution in [1.29, 1.82) is 0 Å². The third-order valence-electron chi connectivity index (χ3n) is 7.63. The van der Waals surface area contributed by atoms with E-state index < -0.39 is 50.7 Å². The summed E-state index contributed by atoms with van der Waals surface area (Å²) in [6.07, 6.45) is 2.21. The Labute approximate surface area is 225 Å². The highest BCUT2D eigenvalue weighted by Gasteiger charge is 2.64. The average molecular weight is 573 g/mol. The summed E-state index contributed by atoms with van der Waals surface area (Å²) >= 11 is 0. The second-order valence-electron chi connectivity index (χ2n) is 11.4. The third kappa shape index (κ3) is 9.07. The fourth-order valence-corrected chi connectivity index (χ4v) is 7.06. The highest BCUT2D eigenvalue weighted by atomic mass is 31.2. The molecule has 1 N–H and O–H groups in total. The van der Waals surface area contributed by atoms with E-state index in [1.54, 1.807) is 0 Å². The molecule has 0 saturated carbocycles. The van der Waals surface area contributed by atoms with Crippen LogP contribution in [0.25, 0.3) is 0 Å². The van der Waals surface area contributed by atoms with Crippen LogP contribution in [0.5, 0.6) is 0 Å². The molecular formula is C25H52BF2O7PSi. The lowest BCUT2D eigenvalue weighted by atomic mass is 9.76. The molecule has 12 heteroatoms. The Bertz CT molecular complexity index is 716. The second kappa shape index (κ2) is 14.7. The van der Waals surface area contributed by atoms with Gasteiger partial charge in [-0.1, -0.05) is 40.5 Å². The molecule has 1 aliphatic heterocycles. The van der Waals surface area contributed by atoms with Crippen LogP contribution in [0.15, 0.2) is 0 Å². The molecule has 2 unspecified atom stereocenters. The minimum absolute atomic E-state index is 0.126. The Morgan fingerprint density at radius 1 is 1.05 bits per heavy atom. The van der Waals surface area contributed by atoms with E-state index in [0.717, 1.165) is 25.7 Å². The number of hydrogen-bond acceptors (Lipinski definition) is 7. The Morgan fingerprint density at radius 3 is 2.08 bits per heavy atom. The minimum Gasteiger partial charge on any atom is -0.432 e. The van der Waals surface area contributed by atoms with Crippen LogP contribution in [0.3, 0.4) is 0 Å². The van der Waals surface area contributed by atoms with Gasteiger partial charge in [0.15, 0.2) is 8.32 Å². The number of hydrogen-bond donors (Lipinski definition) is 1. The van der Waals surface area contributed by atoms with Crippen molar-refractivity contribution in [2.24, 2.45) is 5.92 Å². The molecule has 1 saturated heterocycles. The predicted molar refractivity (Wildman–Crippen MR) is 149 cm³/mol. The molecule has 0 amide bonds. The van der Waals surface area contributed by atoms with Gasteiger partial charge in [0.2, 0.25) is 0 Å². The van der Waals surface area contributed by atoms with E-state index in [2.05, 4.69) is 0 Å². The Morgan fingerprint density at radius 2 is 1.59 bits per heavy atom. The number of unbranched alkanes of at least 4 members (excludes halogenated alkanes) is 2. The van der Waals surface area contributed by atoms with E-state index in [9.17, 15) is 9.36 Å². The molecule has 1 aliphatic rings. The van der Waals surface area contributed by atoms with Crippen molar-refractivity contribution >= 4 is 23.8 Å². The molecule has 37 heavy (non-hydrogen) atoms. The first-order valence-electron chi connectivity index (χ1n) is 13.9. The molecule has 1 heterocycles. The van der Waals surface area contributed by atoms with Crippen LogP contribution >= 0.6 is 7.60 Å². The summed E-state index contributed by atoms with van der Waals surface area (Å²) < 4.78 is 73.9. The van der Waals surface area contributed by atoms with Crippen molar-refractivity contribution in [2.45, 2.75) is 122 Å². The van der Waals surface area contributed by atoms with Crippen molar-refractivity contribution in [3.63, 3.8) is 0 Å². The monoisotopic (exact) mass is 572 g/mol. The normalized spacial score (nSPS) is 25.6. The molecule has 0 aromatic heterocycles. The molecule has 0 aromatic carbocycles. The average Bonchev–Trinajstić information content (AvgIpc) is 3.00. The van der Waals surface area contributed by atoms with Gasteiger partial charge in [-0.3, -0.25) is 4.57 Å². The van der Waals surface area contributed by atoms with E-state index in [1.165, 1.54) is 13.8 Å². The van der Waals surface area contributed by atoms with Gasteiger partial charge in [-0.05, 0) is 51.2 Å². The van der Waals surface area contributed by atoms with E-state index in [-0.39, 0.29) is 25.7 Å². The minimum atomic E-state index is -4.78. The summed E-state index contributed by atoms with van der Waals surface area (Å²) in [5.41, 5.74) is -5.38. The smallest absolute Gasteiger partial charge is 0.399 e. The first-order valence-corrected chi connectivity index (χ1v) is 18.4. The largest absolute Gasteiger partial charge is 0.432 e. The van der Waals surface area contributed by atoms with Crippen LogP contribution in [0.1, 0.15) is 80.1 Å². The van der Waals surface area contributed by atoms with E-state index in [0.29, 0.717) is 19.6 Å². The molecule has 4 atom stereocenters. The zero-order valence-electron chi connectivity index (χ0n) is 24.6. The standard InChI is InChI=1S/C25H52BF2O7PSi/c1-9-13-15-31-19-24(18-25(27,28)36(29,33-11-3)34-12-4)21(32-16-14-10-2)20(22(26)35-24)17-23(5,6)37(7,8)30/h20-22,30H,9-19,26H2,1-8H3/t20?,21?,22-,24+/m1/s1. The molecule has 0 aromatic rings. The van der Waals surface area contributed by atoms with Gasteiger partial charge in [0.05, 0.1) is 32.3 Å². The fourth-order valence-electron chi connectivity index (χ4n) is 4.73. The van der Waals surface area contributed by atoms with Crippen LogP contribution in [0.4, 0.5) is 8.78 Å². The number of rotatable bonds is 19. The maximum absolute atomic E-state index is 15.9. The maximum Gasteiger partial charge on any atom is 0.399 e. The lowest BCUT2D eigenvalue weighted by Gasteiger charge is -2.41. The summed E-state index contributed by atoms with van der Waals surface area (Å²) in [5.74, 6) is -0.269. The van der Waals surface area contributed by atoms with Crippen molar-refractivity contribution in [1.82, 2.24) is 0 Å². The van der Waals surface area contributed by atoms with Crippen LogP contribution in [-0.2, 0) is 27.8 Å². The maximum atomic E-state index is 15.9. The molecule has 1 rings (SSSR count). The first kappa shape index (κ1) is 35.2. The summed E-state index contributed by atoms with van der Waals surface area (Å²) in [5, 5.41) is -0.421. The van der Waals surface area contributed by atoms with Gasteiger partial charge >= 0.3 is 13.3 Å². The van der Waals surface area contributed by atoms with Crippen LogP contribution in [0, 0.1) is 5.92 Å². The summed E-state index contributed by atoms with van der Waals surface area (Å²) in [4.78, 5) is 11.0. The molecule has 0 bridgehead atoms. The SMILES string of the molecule is B[C@@H]1O[C@](COCCCC)(CC(F)(F)P(=O)(OCC)OCC)C(OCCCC)C1CC(C)(C)[Si](C)(C)O. The molecule has 220 valence electrons. The fraction of sp³-hybridized carbons (Fsp3) is 1.00. The van der Waals surface area contributed by atoms with Gasteiger partial charge in [-0.2, -0.15) is 8.78 Å². The van der Waals surface area contributed by atoms with Crippen LogP contribution in [0.2, 0.25) is 18.1 Å². The van der Waals surface area contributed by atoms with Crippen molar-refractivity contribution in [2.75, 3.05) is 33.0 Å². The molecule has 0 radical (unpaired) electrons. The van der Waals surface area contributed by atoms with Gasteiger partial charge < -0.3 is 28.1 Å². The van der Waals surface area contributed by atoms with Crippen LogP contribution < -0.4 is 0 Å². The van der Waals surface area contributed by atoms with Gasteiger partial charge in [-0.25, -0.2) is 0 Å². The predicted octanol–water partition coefficient (Wildman–Crippen LogP) is 5.95. The van der Waals surface area contributed by atoms with Gasteiger partial charge in [-0.15, -0.1) is 0 Å². The topological polar surface area (TPSA) is 83.5 Å². The summed E-state index contributed by atoms with van der Waals surface area (Å²) in [6.45, 7) is 15.2. The number of ether oxygens (including phenoxy) is 3. The zero-order chi connectivity index (χ0) is 28.5. The molecular weight excluding hydrogens is 520 g/mol. The molecule has 1 fully saturated rings. The highest BCUT2D eigenvalue weighted by molar-refractivity contribution is 7.55.